The van der Waals surface area contributed by atoms with Crippen LogP contribution in [0.2, 0.25) is 5.02 Å². The Kier molecular flexibility index (Phi) is 4.49. The fourth-order valence-corrected chi connectivity index (χ4v) is 2.45. The summed E-state index contributed by atoms with van der Waals surface area (Å²) in [7, 11) is 1.59. The molecule has 0 saturated carbocycles. The average molecular weight is 296 g/mol. The normalized spacial score (nSPS) is 14.4. The highest BCUT2D eigenvalue weighted by Crippen LogP contribution is 2.20. The molecule has 20 heavy (non-hydrogen) atoms. The number of nitrogens with two attached hydrogens (primary N) is 1. The lowest BCUT2D eigenvalue weighted by molar-refractivity contribution is -0.130. The minimum Gasteiger partial charge on any atom is -0.399 e. The number of likely N-dealkylation sites (tertiary alicyclic amines) is 1. The van der Waals surface area contributed by atoms with E-state index in [1.807, 2.05) is 0 Å². The van der Waals surface area contributed by atoms with Gasteiger partial charge in [-0.1, -0.05) is 11.6 Å². The van der Waals surface area contributed by atoms with Gasteiger partial charge in [0.1, 0.15) is 0 Å². The van der Waals surface area contributed by atoms with Crippen LogP contribution in [-0.4, -0.2) is 48.3 Å². The third-order valence-electron chi connectivity index (χ3n) is 3.40. The van der Waals surface area contributed by atoms with Gasteiger partial charge in [0.2, 0.25) is 5.91 Å². The molecule has 1 aliphatic heterocycles. The van der Waals surface area contributed by atoms with Crippen LogP contribution in [0.15, 0.2) is 18.2 Å². The van der Waals surface area contributed by atoms with Crippen molar-refractivity contribution in [1.29, 1.82) is 0 Å². The van der Waals surface area contributed by atoms with Crippen LogP contribution in [0.3, 0.4) is 0 Å². The minimum atomic E-state index is -0.296. The van der Waals surface area contributed by atoms with Crippen LogP contribution in [0.4, 0.5) is 5.69 Å². The molecule has 108 valence electrons. The van der Waals surface area contributed by atoms with E-state index in [1.54, 1.807) is 24.1 Å². The van der Waals surface area contributed by atoms with Crippen molar-refractivity contribution in [1.82, 2.24) is 9.80 Å². The van der Waals surface area contributed by atoms with Gasteiger partial charge in [0.05, 0.1) is 17.1 Å². The Hall–Kier alpha value is -1.75. The Labute approximate surface area is 123 Å². The number of nitrogen functional groups attached to an aromatic ring is 1. The molecule has 0 aliphatic carbocycles. The van der Waals surface area contributed by atoms with E-state index in [1.165, 1.54) is 11.0 Å². The average Bonchev–Trinajstić information content (AvgIpc) is 2.94. The first-order valence-electron chi connectivity index (χ1n) is 6.57. The molecule has 0 unspecified atom stereocenters. The summed E-state index contributed by atoms with van der Waals surface area (Å²) in [5.41, 5.74) is 6.45. The largest absolute Gasteiger partial charge is 0.399 e. The number of nitrogens with zero attached hydrogens (tertiary/aromatic N) is 2. The molecule has 0 radical (unpaired) electrons. The molecule has 0 bridgehead atoms. The van der Waals surface area contributed by atoms with Gasteiger partial charge in [-0.05, 0) is 31.0 Å². The maximum Gasteiger partial charge on any atom is 0.255 e. The summed E-state index contributed by atoms with van der Waals surface area (Å²) < 4.78 is 0. The number of carbonyl (C=O) groups is 2. The van der Waals surface area contributed by atoms with E-state index >= 15 is 0 Å². The molecule has 2 N–H and O–H groups in total. The van der Waals surface area contributed by atoms with E-state index in [2.05, 4.69) is 0 Å². The zero-order chi connectivity index (χ0) is 14.7. The molecule has 0 atom stereocenters. The number of hydrogen-bond acceptors (Lipinski definition) is 3. The first kappa shape index (κ1) is 14.7. The molecular weight excluding hydrogens is 278 g/mol. The van der Waals surface area contributed by atoms with E-state index in [4.69, 9.17) is 17.3 Å². The number of carbonyl (C=O) groups excluding carboxylic acids is 2. The van der Waals surface area contributed by atoms with E-state index < -0.39 is 0 Å². The second-order valence-corrected chi connectivity index (χ2v) is 5.40. The molecule has 5 nitrogen and oxygen atoms in total. The summed E-state index contributed by atoms with van der Waals surface area (Å²) in [6.45, 7) is 1.61. The van der Waals surface area contributed by atoms with Gasteiger partial charge in [-0.15, -0.1) is 0 Å². The Morgan fingerprint density at radius 1 is 1.35 bits per heavy atom. The second kappa shape index (κ2) is 6.13. The molecule has 6 heteroatoms. The first-order chi connectivity index (χ1) is 9.49. The van der Waals surface area contributed by atoms with Crippen LogP contribution >= 0.6 is 11.6 Å². The number of amides is 2. The van der Waals surface area contributed by atoms with E-state index in [-0.39, 0.29) is 18.4 Å². The van der Waals surface area contributed by atoms with Crippen LogP contribution in [0.1, 0.15) is 23.2 Å². The zero-order valence-corrected chi connectivity index (χ0v) is 12.2. The molecule has 1 saturated heterocycles. The quantitative estimate of drug-likeness (QED) is 0.862. The lowest BCUT2D eigenvalue weighted by Crippen LogP contribution is -2.39. The molecule has 0 spiro atoms. The van der Waals surface area contributed by atoms with Crippen molar-refractivity contribution >= 4 is 29.1 Å². The first-order valence-corrected chi connectivity index (χ1v) is 6.95. The summed E-state index contributed by atoms with van der Waals surface area (Å²) in [5.74, 6) is -0.326. The van der Waals surface area contributed by atoms with Crippen molar-refractivity contribution in [2.75, 3.05) is 32.4 Å². The van der Waals surface area contributed by atoms with Gasteiger partial charge < -0.3 is 15.5 Å². The van der Waals surface area contributed by atoms with E-state index in [0.29, 0.717) is 16.3 Å². The zero-order valence-electron chi connectivity index (χ0n) is 11.4. The fraction of sp³-hybridized carbons (Fsp3) is 0.429. The molecule has 2 rings (SSSR count). The number of benzene rings is 1. The topological polar surface area (TPSA) is 66.6 Å². The number of halogens is 1. The van der Waals surface area contributed by atoms with Crippen molar-refractivity contribution in [2.45, 2.75) is 12.8 Å². The minimum absolute atomic E-state index is 0.0293. The molecule has 1 fully saturated rings. The van der Waals surface area contributed by atoms with Gasteiger partial charge >= 0.3 is 0 Å². The maximum atomic E-state index is 12.3. The van der Waals surface area contributed by atoms with Crippen LogP contribution < -0.4 is 5.73 Å². The van der Waals surface area contributed by atoms with Crippen molar-refractivity contribution < 1.29 is 9.59 Å². The highest BCUT2D eigenvalue weighted by Gasteiger charge is 2.22. The summed E-state index contributed by atoms with van der Waals surface area (Å²) in [6.07, 6.45) is 2.06. The van der Waals surface area contributed by atoms with Gasteiger partial charge in [-0.25, -0.2) is 0 Å². The Morgan fingerprint density at radius 2 is 2.00 bits per heavy atom. The van der Waals surface area contributed by atoms with Crippen LogP contribution in [0.5, 0.6) is 0 Å². The number of likely N-dealkylation sites (N-methyl/N-ethyl adjacent to an activating group) is 1. The van der Waals surface area contributed by atoms with Crippen molar-refractivity contribution in [3.8, 4) is 0 Å². The standard InChI is InChI=1S/C14H18ClN3O2/c1-17(9-13(19)18-6-2-3-7-18)14(20)11-8-10(16)4-5-12(11)15/h4-5,8H,2-3,6-7,9,16H2,1H3. The second-order valence-electron chi connectivity index (χ2n) is 4.99. The molecular formula is C14H18ClN3O2. The Morgan fingerprint density at radius 3 is 2.65 bits per heavy atom. The summed E-state index contributed by atoms with van der Waals surface area (Å²) in [6, 6.07) is 4.75. The van der Waals surface area contributed by atoms with Crippen LogP contribution in [0.25, 0.3) is 0 Å². The lowest BCUT2D eigenvalue weighted by atomic mass is 10.2. The number of rotatable bonds is 3. The number of hydrogen-bond donors (Lipinski definition) is 1. The Balaban J connectivity index is 2.04. The summed E-state index contributed by atoms with van der Waals surface area (Å²) >= 11 is 6.00. The molecule has 0 aromatic heterocycles. The molecule has 2 amide bonds. The van der Waals surface area contributed by atoms with Gasteiger partial charge in [0.25, 0.3) is 5.91 Å². The van der Waals surface area contributed by atoms with Crippen LogP contribution in [-0.2, 0) is 4.79 Å². The van der Waals surface area contributed by atoms with Crippen molar-refractivity contribution in [2.24, 2.45) is 0 Å². The van der Waals surface area contributed by atoms with Gasteiger partial charge in [0, 0.05) is 25.8 Å². The molecule has 1 aliphatic rings. The van der Waals surface area contributed by atoms with Gasteiger partial charge in [-0.2, -0.15) is 0 Å². The molecule has 1 aromatic rings. The summed E-state index contributed by atoms with van der Waals surface area (Å²) in [5, 5.41) is 0.338. The maximum absolute atomic E-state index is 12.3. The predicted molar refractivity (Wildman–Crippen MR) is 78.6 cm³/mol. The molecule has 1 aromatic carbocycles. The third-order valence-corrected chi connectivity index (χ3v) is 3.73. The number of anilines is 1. The lowest BCUT2D eigenvalue weighted by Gasteiger charge is -2.21. The van der Waals surface area contributed by atoms with Crippen molar-refractivity contribution in [3.63, 3.8) is 0 Å². The highest BCUT2D eigenvalue weighted by molar-refractivity contribution is 6.34. The SMILES string of the molecule is CN(CC(=O)N1CCCC1)C(=O)c1cc(N)ccc1Cl. The highest BCUT2D eigenvalue weighted by atomic mass is 35.5. The smallest absolute Gasteiger partial charge is 0.255 e. The van der Waals surface area contributed by atoms with E-state index in [9.17, 15) is 9.59 Å². The third kappa shape index (κ3) is 3.22. The Bertz CT molecular complexity index is 527. The fourth-order valence-electron chi connectivity index (χ4n) is 2.25. The van der Waals surface area contributed by atoms with Crippen LogP contribution in [0, 0.1) is 0 Å². The summed E-state index contributed by atoms with van der Waals surface area (Å²) in [4.78, 5) is 27.5. The van der Waals surface area contributed by atoms with Gasteiger partial charge in [0.15, 0.2) is 0 Å². The predicted octanol–water partition coefficient (Wildman–Crippen LogP) is 1.62. The van der Waals surface area contributed by atoms with Gasteiger partial charge in [-0.3, -0.25) is 9.59 Å². The van der Waals surface area contributed by atoms with E-state index in [0.717, 1.165) is 25.9 Å². The van der Waals surface area contributed by atoms with Crippen molar-refractivity contribution in [3.05, 3.63) is 28.8 Å². The monoisotopic (exact) mass is 295 g/mol. The molecule has 1 heterocycles.